The van der Waals surface area contributed by atoms with E-state index in [0.717, 1.165) is 31.0 Å². The van der Waals surface area contributed by atoms with Crippen LogP contribution in [0.15, 0.2) is 0 Å². The van der Waals surface area contributed by atoms with Crippen molar-refractivity contribution in [2.24, 2.45) is 7.05 Å². The van der Waals surface area contributed by atoms with Gasteiger partial charge in [0.2, 0.25) is 0 Å². The molecule has 0 aromatic carbocycles. The highest BCUT2D eigenvalue weighted by atomic mass is 15.3. The van der Waals surface area contributed by atoms with Gasteiger partial charge in [0.15, 0.2) is 5.82 Å². The first-order valence-electron chi connectivity index (χ1n) is 5.94. The summed E-state index contributed by atoms with van der Waals surface area (Å²) in [5, 5.41) is 7.95. The highest BCUT2D eigenvalue weighted by molar-refractivity contribution is 5.00. The van der Waals surface area contributed by atoms with Gasteiger partial charge in [0, 0.05) is 13.5 Å². The number of aromatic nitrogens is 3. The molecule has 1 aromatic rings. The van der Waals surface area contributed by atoms with E-state index in [9.17, 15) is 0 Å². The minimum atomic E-state index is 0.418. The van der Waals surface area contributed by atoms with Crippen LogP contribution in [0.1, 0.15) is 50.3 Å². The third-order valence-corrected chi connectivity index (χ3v) is 2.94. The molecule has 0 spiro atoms. The molecule has 2 heterocycles. The highest BCUT2D eigenvalue weighted by Crippen LogP contribution is 2.20. The molecule has 0 saturated carbocycles. The summed E-state index contributed by atoms with van der Waals surface area (Å²) >= 11 is 0. The lowest BCUT2D eigenvalue weighted by Crippen LogP contribution is -2.29. The first-order valence-corrected chi connectivity index (χ1v) is 5.94. The molecule has 0 bridgehead atoms. The van der Waals surface area contributed by atoms with Crippen LogP contribution in [0, 0.1) is 0 Å². The van der Waals surface area contributed by atoms with Gasteiger partial charge in [-0.3, -0.25) is 4.68 Å². The third-order valence-electron chi connectivity index (χ3n) is 2.94. The van der Waals surface area contributed by atoms with E-state index in [2.05, 4.69) is 22.3 Å². The summed E-state index contributed by atoms with van der Waals surface area (Å²) in [6.07, 6.45) is 5.88. The number of hydrogen-bond donors (Lipinski definition) is 1. The van der Waals surface area contributed by atoms with Gasteiger partial charge in [-0.15, -0.1) is 0 Å². The summed E-state index contributed by atoms with van der Waals surface area (Å²) in [6, 6.07) is 0.418. The van der Waals surface area contributed by atoms with Crippen molar-refractivity contribution < 1.29 is 0 Å². The summed E-state index contributed by atoms with van der Waals surface area (Å²) in [5.74, 6) is 2.10. The molecule has 2 rings (SSSR count). The Bertz CT molecular complexity index is 312. The zero-order valence-corrected chi connectivity index (χ0v) is 9.66. The minimum Gasteiger partial charge on any atom is -0.307 e. The average Bonchev–Trinajstić information content (AvgIpc) is 2.61. The number of hydrogen-bond acceptors (Lipinski definition) is 3. The van der Waals surface area contributed by atoms with Gasteiger partial charge in [-0.2, -0.15) is 5.10 Å². The maximum atomic E-state index is 4.61. The summed E-state index contributed by atoms with van der Waals surface area (Å²) < 4.78 is 1.94. The van der Waals surface area contributed by atoms with Crippen molar-refractivity contribution in [2.45, 2.75) is 45.1 Å². The monoisotopic (exact) mass is 208 g/mol. The molecule has 15 heavy (non-hydrogen) atoms. The molecular weight excluding hydrogens is 188 g/mol. The van der Waals surface area contributed by atoms with Gasteiger partial charge < -0.3 is 5.32 Å². The van der Waals surface area contributed by atoms with E-state index >= 15 is 0 Å². The fraction of sp³-hybridized carbons (Fsp3) is 0.818. The van der Waals surface area contributed by atoms with Crippen molar-refractivity contribution in [3.63, 3.8) is 0 Å². The fourth-order valence-electron chi connectivity index (χ4n) is 2.16. The number of piperidine rings is 1. The molecule has 0 amide bonds. The predicted molar refractivity (Wildman–Crippen MR) is 59.6 cm³/mol. The molecule has 1 fully saturated rings. The lowest BCUT2D eigenvalue weighted by Gasteiger charge is -2.22. The SMILES string of the molecule is CCCc1nc(C2CCCCN2)n(C)n1. The van der Waals surface area contributed by atoms with Gasteiger partial charge in [-0.25, -0.2) is 4.98 Å². The van der Waals surface area contributed by atoms with Crippen molar-refractivity contribution in [1.82, 2.24) is 20.1 Å². The molecule has 4 heteroatoms. The normalized spacial score (nSPS) is 21.9. The van der Waals surface area contributed by atoms with Crippen LogP contribution in [0.5, 0.6) is 0 Å². The maximum absolute atomic E-state index is 4.61. The summed E-state index contributed by atoms with van der Waals surface area (Å²) in [7, 11) is 2.00. The van der Waals surface area contributed by atoms with Crippen molar-refractivity contribution in [3.8, 4) is 0 Å². The predicted octanol–water partition coefficient (Wildman–Crippen LogP) is 1.58. The van der Waals surface area contributed by atoms with Crippen LogP contribution in [-0.2, 0) is 13.5 Å². The van der Waals surface area contributed by atoms with Crippen LogP contribution in [0.3, 0.4) is 0 Å². The van der Waals surface area contributed by atoms with Gasteiger partial charge in [-0.1, -0.05) is 13.3 Å². The summed E-state index contributed by atoms with van der Waals surface area (Å²) in [4.78, 5) is 4.61. The first-order chi connectivity index (χ1) is 7.31. The molecule has 1 saturated heterocycles. The highest BCUT2D eigenvalue weighted by Gasteiger charge is 2.20. The summed E-state index contributed by atoms with van der Waals surface area (Å²) in [6.45, 7) is 3.27. The molecule has 0 radical (unpaired) electrons. The van der Waals surface area contributed by atoms with Crippen LogP contribution >= 0.6 is 0 Å². The van der Waals surface area contributed by atoms with E-state index in [1.165, 1.54) is 19.3 Å². The molecule has 1 aliphatic rings. The van der Waals surface area contributed by atoms with E-state index in [4.69, 9.17) is 0 Å². The second-order valence-electron chi connectivity index (χ2n) is 4.26. The summed E-state index contributed by atoms with van der Waals surface area (Å²) in [5.41, 5.74) is 0. The van der Waals surface area contributed by atoms with Crippen molar-refractivity contribution in [3.05, 3.63) is 11.6 Å². The van der Waals surface area contributed by atoms with E-state index in [1.807, 2.05) is 11.7 Å². The largest absolute Gasteiger partial charge is 0.307 e. The number of nitrogens with one attached hydrogen (secondary N) is 1. The van der Waals surface area contributed by atoms with E-state index < -0.39 is 0 Å². The average molecular weight is 208 g/mol. The van der Waals surface area contributed by atoms with Crippen LogP contribution in [-0.4, -0.2) is 21.3 Å². The lowest BCUT2D eigenvalue weighted by molar-refractivity contribution is 0.386. The van der Waals surface area contributed by atoms with Gasteiger partial charge in [0.1, 0.15) is 5.82 Å². The number of aryl methyl sites for hydroxylation is 2. The molecule has 1 N–H and O–H groups in total. The van der Waals surface area contributed by atoms with Gasteiger partial charge in [0.25, 0.3) is 0 Å². The number of rotatable bonds is 3. The second kappa shape index (κ2) is 4.75. The maximum Gasteiger partial charge on any atom is 0.151 e. The Labute approximate surface area is 91.1 Å². The zero-order chi connectivity index (χ0) is 10.7. The van der Waals surface area contributed by atoms with Crippen LogP contribution < -0.4 is 5.32 Å². The Morgan fingerprint density at radius 2 is 2.33 bits per heavy atom. The Morgan fingerprint density at radius 1 is 1.47 bits per heavy atom. The first kappa shape index (κ1) is 10.6. The van der Waals surface area contributed by atoms with Crippen LogP contribution in [0.25, 0.3) is 0 Å². The third kappa shape index (κ3) is 2.37. The van der Waals surface area contributed by atoms with E-state index in [1.54, 1.807) is 0 Å². The molecule has 1 unspecified atom stereocenters. The minimum absolute atomic E-state index is 0.418. The molecule has 84 valence electrons. The van der Waals surface area contributed by atoms with Crippen LogP contribution in [0.2, 0.25) is 0 Å². The molecule has 0 aliphatic carbocycles. The van der Waals surface area contributed by atoms with Gasteiger partial charge in [-0.05, 0) is 25.8 Å². The topological polar surface area (TPSA) is 42.7 Å². The Hall–Kier alpha value is -0.900. The standard InChI is InChI=1S/C11H20N4/c1-3-6-10-13-11(15(2)14-10)9-7-4-5-8-12-9/h9,12H,3-8H2,1-2H3. The second-order valence-corrected chi connectivity index (χ2v) is 4.26. The van der Waals surface area contributed by atoms with E-state index in [0.29, 0.717) is 6.04 Å². The zero-order valence-electron chi connectivity index (χ0n) is 9.66. The molecule has 4 nitrogen and oxygen atoms in total. The molecule has 1 atom stereocenters. The fourth-order valence-corrected chi connectivity index (χ4v) is 2.16. The van der Waals surface area contributed by atoms with Gasteiger partial charge >= 0.3 is 0 Å². The van der Waals surface area contributed by atoms with Crippen molar-refractivity contribution >= 4 is 0 Å². The number of nitrogens with zero attached hydrogens (tertiary/aromatic N) is 3. The van der Waals surface area contributed by atoms with Crippen molar-refractivity contribution in [1.29, 1.82) is 0 Å². The Morgan fingerprint density at radius 3 is 3.00 bits per heavy atom. The van der Waals surface area contributed by atoms with Crippen LogP contribution in [0.4, 0.5) is 0 Å². The van der Waals surface area contributed by atoms with Gasteiger partial charge in [0.05, 0.1) is 6.04 Å². The quantitative estimate of drug-likeness (QED) is 0.820. The molecule has 1 aliphatic heterocycles. The lowest BCUT2D eigenvalue weighted by atomic mass is 10.0. The smallest absolute Gasteiger partial charge is 0.151 e. The van der Waals surface area contributed by atoms with E-state index in [-0.39, 0.29) is 0 Å². The van der Waals surface area contributed by atoms with Crippen molar-refractivity contribution in [2.75, 3.05) is 6.54 Å². The molecule has 1 aromatic heterocycles. The Balaban J connectivity index is 2.11. The molecular formula is C11H20N4. The Kier molecular flexibility index (Phi) is 3.36.